The third-order valence-corrected chi connectivity index (χ3v) is 13.0. The van der Waals surface area contributed by atoms with Gasteiger partial charge in [0.1, 0.15) is 12.5 Å². The first kappa shape index (κ1) is 40.0. The van der Waals surface area contributed by atoms with E-state index in [-0.39, 0.29) is 16.2 Å². The minimum absolute atomic E-state index is 0.00382. The van der Waals surface area contributed by atoms with E-state index in [1.54, 1.807) is 0 Å². The summed E-state index contributed by atoms with van der Waals surface area (Å²) in [7, 11) is 0. The molecule has 0 fully saturated rings. The summed E-state index contributed by atoms with van der Waals surface area (Å²) in [6.45, 7) is 19.1. The Morgan fingerprint density at radius 3 is 1.68 bits per heavy atom. The second-order valence-corrected chi connectivity index (χ2v) is 19.5. The number of hydrogen-bond acceptors (Lipinski definition) is 5. The van der Waals surface area contributed by atoms with Gasteiger partial charge in [0.05, 0.1) is 39.5 Å². The lowest BCUT2D eigenvalue weighted by molar-refractivity contribution is 0.582. The van der Waals surface area contributed by atoms with E-state index >= 15 is 0 Å². The predicted octanol–water partition coefficient (Wildman–Crippen LogP) is 14.5. The van der Waals surface area contributed by atoms with Crippen molar-refractivity contribution in [2.75, 3.05) is 16.5 Å². The van der Waals surface area contributed by atoms with Crippen LogP contribution in [0, 0.1) is 0 Å². The largest absolute Gasteiger partial charge is 0.321 e. The summed E-state index contributed by atoms with van der Waals surface area (Å²) in [4.78, 5) is 19.6. The zero-order chi connectivity index (χ0) is 43.7. The Morgan fingerprint density at radius 2 is 1.03 bits per heavy atom. The maximum atomic E-state index is 4.98. The molecule has 6 heteroatoms. The van der Waals surface area contributed by atoms with Gasteiger partial charge in [-0.05, 0) is 106 Å². The lowest BCUT2D eigenvalue weighted by Crippen LogP contribution is -2.27. The number of hydrogen-bond donors (Lipinski definition) is 0. The summed E-state index contributed by atoms with van der Waals surface area (Å²) in [6.07, 6.45) is 5.70. The summed E-state index contributed by atoms with van der Waals surface area (Å²) < 4.78 is 2.36. The van der Waals surface area contributed by atoms with Crippen LogP contribution in [-0.4, -0.2) is 26.2 Å². The van der Waals surface area contributed by atoms with Crippen LogP contribution >= 0.6 is 0 Å². The van der Waals surface area contributed by atoms with E-state index in [0.29, 0.717) is 6.67 Å². The normalized spacial score (nSPS) is 13.3. The standard InChI is InChI=1S/C57H54N6/c1-55(2,3)38-28-31-60-53(36-38)63-49-23-10-9-18-43(49)44-27-26-39(35-52(44)63)57(7,8)41-32-40(56(4,5)6)33-42(34-41)61-37-62(51-25-12-11-24-50(51)61)54-45(47-21-13-15-29-58-47)19-17-20-46(54)48-22-14-16-30-59-48/h9-36H,37H2,1-8H3. The van der Waals surface area contributed by atoms with Gasteiger partial charge in [0.2, 0.25) is 0 Å². The molecule has 0 amide bonds. The first-order chi connectivity index (χ1) is 30.3. The molecule has 5 heterocycles. The van der Waals surface area contributed by atoms with E-state index in [4.69, 9.17) is 15.0 Å². The first-order valence-corrected chi connectivity index (χ1v) is 22.0. The molecule has 312 valence electrons. The third kappa shape index (κ3) is 7.04. The highest BCUT2D eigenvalue weighted by atomic mass is 15.4. The van der Waals surface area contributed by atoms with Gasteiger partial charge in [0.25, 0.3) is 0 Å². The molecule has 0 saturated carbocycles. The van der Waals surface area contributed by atoms with Gasteiger partial charge < -0.3 is 9.80 Å². The highest BCUT2D eigenvalue weighted by Crippen LogP contribution is 2.51. The van der Waals surface area contributed by atoms with Crippen molar-refractivity contribution in [2.45, 2.75) is 71.6 Å². The Bertz CT molecular complexity index is 3090. The molecule has 0 spiro atoms. The van der Waals surface area contributed by atoms with Crippen LogP contribution in [0.3, 0.4) is 0 Å². The summed E-state index contributed by atoms with van der Waals surface area (Å²) in [5, 5.41) is 2.45. The molecular weight excluding hydrogens is 769 g/mol. The quantitative estimate of drug-likeness (QED) is 0.160. The van der Waals surface area contributed by atoms with E-state index < -0.39 is 0 Å². The highest BCUT2D eigenvalue weighted by molar-refractivity contribution is 6.09. The second kappa shape index (κ2) is 15.1. The molecule has 0 radical (unpaired) electrons. The third-order valence-electron chi connectivity index (χ3n) is 13.0. The molecule has 0 N–H and O–H groups in total. The zero-order valence-electron chi connectivity index (χ0n) is 37.6. The van der Waals surface area contributed by atoms with Gasteiger partial charge in [-0.15, -0.1) is 0 Å². The first-order valence-electron chi connectivity index (χ1n) is 22.0. The van der Waals surface area contributed by atoms with Gasteiger partial charge in [-0.1, -0.05) is 134 Å². The number of nitrogens with zero attached hydrogens (tertiary/aromatic N) is 6. The van der Waals surface area contributed by atoms with Crippen molar-refractivity contribution in [1.82, 2.24) is 19.5 Å². The van der Waals surface area contributed by atoms with Crippen LogP contribution in [0.2, 0.25) is 0 Å². The predicted molar refractivity (Wildman–Crippen MR) is 263 cm³/mol. The van der Waals surface area contributed by atoms with Gasteiger partial charge >= 0.3 is 0 Å². The summed E-state index contributed by atoms with van der Waals surface area (Å²) in [5.41, 5.74) is 15.4. The monoisotopic (exact) mass is 822 g/mol. The van der Waals surface area contributed by atoms with Crippen molar-refractivity contribution in [3.05, 3.63) is 193 Å². The van der Waals surface area contributed by atoms with E-state index in [2.05, 4.69) is 209 Å². The fourth-order valence-corrected chi connectivity index (χ4v) is 9.26. The van der Waals surface area contributed by atoms with Crippen molar-refractivity contribution in [3.8, 4) is 28.3 Å². The molecule has 6 nitrogen and oxygen atoms in total. The molecule has 1 aliphatic rings. The lowest BCUT2D eigenvalue weighted by atomic mass is 9.75. The van der Waals surface area contributed by atoms with Crippen molar-refractivity contribution in [3.63, 3.8) is 0 Å². The van der Waals surface area contributed by atoms with Crippen LogP contribution < -0.4 is 9.80 Å². The van der Waals surface area contributed by atoms with E-state index in [1.165, 1.54) is 33.0 Å². The van der Waals surface area contributed by atoms with Crippen molar-refractivity contribution in [2.24, 2.45) is 0 Å². The van der Waals surface area contributed by atoms with E-state index in [1.807, 2.05) is 30.7 Å². The molecule has 0 bridgehead atoms. The topological polar surface area (TPSA) is 50.1 Å². The number of anilines is 4. The zero-order valence-corrected chi connectivity index (χ0v) is 37.6. The fraction of sp³-hybridized carbons (Fsp3) is 0.211. The Morgan fingerprint density at radius 1 is 0.429 bits per heavy atom. The average Bonchev–Trinajstić information content (AvgIpc) is 3.85. The van der Waals surface area contributed by atoms with Crippen LogP contribution in [0.25, 0.3) is 50.1 Å². The van der Waals surface area contributed by atoms with Crippen LogP contribution in [0.15, 0.2) is 170 Å². The number of benzene rings is 5. The molecule has 0 aliphatic carbocycles. The molecule has 10 rings (SSSR count). The molecule has 1 aliphatic heterocycles. The van der Waals surface area contributed by atoms with E-state index in [0.717, 1.165) is 62.1 Å². The molecule has 4 aromatic heterocycles. The molecule has 5 aromatic carbocycles. The Balaban J connectivity index is 1.12. The summed E-state index contributed by atoms with van der Waals surface area (Å²) >= 11 is 0. The molecule has 0 unspecified atom stereocenters. The number of rotatable bonds is 7. The lowest BCUT2D eigenvalue weighted by Gasteiger charge is -2.32. The average molecular weight is 823 g/mol. The van der Waals surface area contributed by atoms with Gasteiger partial charge in [-0.3, -0.25) is 14.5 Å². The summed E-state index contributed by atoms with van der Waals surface area (Å²) in [5.74, 6) is 0.939. The van der Waals surface area contributed by atoms with Gasteiger partial charge in [-0.2, -0.15) is 0 Å². The maximum Gasteiger partial charge on any atom is 0.137 e. The van der Waals surface area contributed by atoms with Gasteiger partial charge in [0, 0.05) is 51.6 Å². The van der Waals surface area contributed by atoms with E-state index in [9.17, 15) is 0 Å². The highest BCUT2D eigenvalue weighted by Gasteiger charge is 2.34. The smallest absolute Gasteiger partial charge is 0.137 e. The number of pyridine rings is 3. The SMILES string of the molecule is CC(C)(C)c1cc(N2CN(c3c(-c4ccccn4)cccc3-c3ccccn3)c3ccccc32)cc(C(C)(C)c2ccc3c4ccccc4n(-c4cc(C(C)(C)C)ccn4)c3c2)c1. The Kier molecular flexibility index (Phi) is 9.59. The minimum atomic E-state index is -0.358. The maximum absolute atomic E-state index is 4.98. The Hall–Kier alpha value is -7.05. The molecule has 0 atom stereocenters. The molecular formula is C57H54N6. The molecule has 63 heavy (non-hydrogen) atoms. The van der Waals surface area contributed by atoms with Crippen molar-refractivity contribution >= 4 is 44.6 Å². The van der Waals surface area contributed by atoms with Crippen LogP contribution in [-0.2, 0) is 16.2 Å². The Labute approximate surface area is 371 Å². The van der Waals surface area contributed by atoms with Crippen LogP contribution in [0.1, 0.15) is 77.6 Å². The summed E-state index contributed by atoms with van der Waals surface area (Å²) in [6, 6.07) is 55.0. The molecule has 9 aromatic rings. The second-order valence-electron chi connectivity index (χ2n) is 19.5. The minimum Gasteiger partial charge on any atom is -0.321 e. The van der Waals surface area contributed by atoms with Gasteiger partial charge in [0.15, 0.2) is 0 Å². The molecule has 0 saturated heterocycles. The van der Waals surface area contributed by atoms with Crippen molar-refractivity contribution in [1.29, 1.82) is 0 Å². The number of aromatic nitrogens is 4. The van der Waals surface area contributed by atoms with Crippen LogP contribution in [0.4, 0.5) is 22.7 Å². The van der Waals surface area contributed by atoms with Crippen LogP contribution in [0.5, 0.6) is 0 Å². The number of para-hydroxylation sites is 4. The fourth-order valence-electron chi connectivity index (χ4n) is 9.26. The number of fused-ring (bicyclic) bond motifs is 4. The van der Waals surface area contributed by atoms with Crippen molar-refractivity contribution < 1.29 is 0 Å². The van der Waals surface area contributed by atoms with Gasteiger partial charge in [-0.25, -0.2) is 4.98 Å².